The van der Waals surface area contributed by atoms with Gasteiger partial charge in [0.25, 0.3) is 0 Å². The third-order valence-electron chi connectivity index (χ3n) is 4.12. The zero-order valence-corrected chi connectivity index (χ0v) is 14.9. The number of nitrogens with zero attached hydrogens (tertiary/aromatic N) is 3. The van der Waals surface area contributed by atoms with Gasteiger partial charge < -0.3 is 9.84 Å². The molecule has 1 N–H and O–H groups in total. The molecule has 26 heavy (non-hydrogen) atoms. The van der Waals surface area contributed by atoms with Crippen molar-refractivity contribution in [1.29, 1.82) is 0 Å². The van der Waals surface area contributed by atoms with Crippen molar-refractivity contribution in [2.45, 2.75) is 17.7 Å². The summed E-state index contributed by atoms with van der Waals surface area (Å²) in [5.41, 5.74) is 1.00. The van der Waals surface area contributed by atoms with Crippen LogP contribution in [0.15, 0.2) is 41.6 Å². The first-order valence-electron chi connectivity index (χ1n) is 8.18. The van der Waals surface area contributed by atoms with Crippen LogP contribution in [-0.2, 0) is 27.6 Å². The van der Waals surface area contributed by atoms with Gasteiger partial charge in [0.1, 0.15) is 5.82 Å². The molecule has 1 saturated heterocycles. The molecule has 0 unspecified atom stereocenters. The number of aromatic nitrogens is 2. The van der Waals surface area contributed by atoms with Crippen molar-refractivity contribution in [2.75, 3.05) is 26.3 Å². The SMILES string of the molecule is O=C(O)c1cnc(CCc2ccc(S(=O)(=O)N3CCOCC3)cc2)nc1. The molecule has 1 aliphatic heterocycles. The Labute approximate surface area is 151 Å². The first-order valence-corrected chi connectivity index (χ1v) is 9.62. The Bertz CT molecular complexity index is 860. The van der Waals surface area contributed by atoms with Crippen LogP contribution in [0.1, 0.15) is 21.7 Å². The zero-order valence-electron chi connectivity index (χ0n) is 14.0. The molecule has 0 radical (unpaired) electrons. The Kier molecular flexibility index (Phi) is 5.60. The normalized spacial score (nSPS) is 15.7. The monoisotopic (exact) mass is 377 g/mol. The van der Waals surface area contributed by atoms with Gasteiger partial charge in [0, 0.05) is 31.9 Å². The summed E-state index contributed by atoms with van der Waals surface area (Å²) in [5, 5.41) is 8.83. The number of benzene rings is 1. The van der Waals surface area contributed by atoms with Gasteiger partial charge in [-0.15, -0.1) is 0 Å². The third-order valence-corrected chi connectivity index (χ3v) is 6.03. The molecule has 0 atom stereocenters. The Morgan fingerprint density at radius 2 is 1.69 bits per heavy atom. The van der Waals surface area contributed by atoms with Gasteiger partial charge in [-0.25, -0.2) is 23.2 Å². The van der Waals surface area contributed by atoms with Crippen LogP contribution in [0.3, 0.4) is 0 Å². The molecule has 0 aliphatic carbocycles. The van der Waals surface area contributed by atoms with Crippen molar-refractivity contribution in [3.8, 4) is 0 Å². The van der Waals surface area contributed by atoms with Crippen LogP contribution in [-0.4, -0.2) is 60.1 Å². The second-order valence-corrected chi connectivity index (χ2v) is 7.79. The Morgan fingerprint density at radius 3 is 2.27 bits per heavy atom. The van der Waals surface area contributed by atoms with Crippen molar-refractivity contribution in [2.24, 2.45) is 0 Å². The van der Waals surface area contributed by atoms with Gasteiger partial charge in [-0.05, 0) is 24.1 Å². The minimum absolute atomic E-state index is 0.0476. The van der Waals surface area contributed by atoms with E-state index in [1.54, 1.807) is 24.3 Å². The van der Waals surface area contributed by atoms with Gasteiger partial charge in [-0.3, -0.25) is 0 Å². The third kappa shape index (κ3) is 4.24. The summed E-state index contributed by atoms with van der Waals surface area (Å²) < 4.78 is 31.8. The Balaban J connectivity index is 1.63. The number of ether oxygens (including phenoxy) is 1. The van der Waals surface area contributed by atoms with Crippen LogP contribution in [0, 0.1) is 0 Å². The highest BCUT2D eigenvalue weighted by Crippen LogP contribution is 2.18. The number of carboxylic acid groups (broad SMARTS) is 1. The minimum atomic E-state index is -3.49. The molecule has 2 heterocycles. The maximum atomic E-state index is 12.6. The predicted molar refractivity (Wildman–Crippen MR) is 92.4 cm³/mol. The zero-order chi connectivity index (χ0) is 18.6. The molecule has 138 valence electrons. The van der Waals surface area contributed by atoms with Gasteiger partial charge in [0.2, 0.25) is 10.0 Å². The van der Waals surface area contributed by atoms with E-state index in [4.69, 9.17) is 9.84 Å². The number of sulfonamides is 1. The lowest BCUT2D eigenvalue weighted by Crippen LogP contribution is -2.40. The van der Waals surface area contributed by atoms with E-state index in [2.05, 4.69) is 9.97 Å². The summed E-state index contributed by atoms with van der Waals surface area (Å²) >= 11 is 0. The maximum Gasteiger partial charge on any atom is 0.338 e. The molecule has 1 aromatic heterocycles. The largest absolute Gasteiger partial charge is 0.478 e. The molecule has 0 saturated carbocycles. The molecule has 1 fully saturated rings. The standard InChI is InChI=1S/C17H19N3O5S/c21-17(22)14-11-18-16(19-12-14)6-3-13-1-4-15(5-2-13)26(23,24)20-7-9-25-10-8-20/h1-2,4-5,11-12H,3,6-10H2,(H,21,22). The number of aromatic carboxylic acids is 1. The van der Waals surface area contributed by atoms with Gasteiger partial charge in [0.05, 0.1) is 23.7 Å². The molecule has 1 aliphatic rings. The predicted octanol–water partition coefficient (Wildman–Crippen LogP) is 0.981. The van der Waals surface area contributed by atoms with Crippen molar-refractivity contribution in [3.05, 3.63) is 53.6 Å². The molecule has 0 amide bonds. The molecule has 0 spiro atoms. The highest BCUT2D eigenvalue weighted by atomic mass is 32.2. The van der Waals surface area contributed by atoms with Crippen LogP contribution < -0.4 is 0 Å². The lowest BCUT2D eigenvalue weighted by Gasteiger charge is -2.26. The van der Waals surface area contributed by atoms with Crippen LogP contribution in [0.2, 0.25) is 0 Å². The highest BCUT2D eigenvalue weighted by Gasteiger charge is 2.26. The molecule has 2 aromatic rings. The second-order valence-electron chi connectivity index (χ2n) is 5.85. The fourth-order valence-corrected chi connectivity index (χ4v) is 4.02. The molecule has 0 bridgehead atoms. The van der Waals surface area contributed by atoms with E-state index < -0.39 is 16.0 Å². The Hall–Kier alpha value is -2.36. The maximum absolute atomic E-state index is 12.6. The number of carbonyl (C=O) groups is 1. The summed E-state index contributed by atoms with van der Waals surface area (Å²) in [4.78, 5) is 19.1. The van der Waals surface area contributed by atoms with Crippen molar-refractivity contribution in [1.82, 2.24) is 14.3 Å². The first-order chi connectivity index (χ1) is 12.5. The quantitative estimate of drug-likeness (QED) is 0.799. The number of rotatable bonds is 6. The van der Waals surface area contributed by atoms with E-state index in [0.717, 1.165) is 5.56 Å². The van der Waals surface area contributed by atoms with Crippen molar-refractivity contribution in [3.63, 3.8) is 0 Å². The topological polar surface area (TPSA) is 110 Å². The lowest BCUT2D eigenvalue weighted by molar-refractivity contribution is 0.0696. The van der Waals surface area contributed by atoms with Crippen LogP contribution >= 0.6 is 0 Å². The van der Waals surface area contributed by atoms with E-state index in [1.807, 2.05) is 0 Å². The smallest absolute Gasteiger partial charge is 0.338 e. The molecular formula is C17H19N3O5S. The lowest BCUT2D eigenvalue weighted by atomic mass is 10.1. The van der Waals surface area contributed by atoms with Gasteiger partial charge in [0.15, 0.2) is 0 Å². The average Bonchev–Trinajstić information content (AvgIpc) is 2.67. The summed E-state index contributed by atoms with van der Waals surface area (Å²) in [7, 11) is -3.49. The summed E-state index contributed by atoms with van der Waals surface area (Å²) in [5.74, 6) is -0.520. The molecule has 3 rings (SSSR count). The Morgan fingerprint density at radius 1 is 1.08 bits per heavy atom. The number of carboxylic acids is 1. The molecule has 9 heteroatoms. The summed E-state index contributed by atoms with van der Waals surface area (Å²) in [6.07, 6.45) is 3.73. The second kappa shape index (κ2) is 7.90. The molecule has 8 nitrogen and oxygen atoms in total. The average molecular weight is 377 g/mol. The van der Waals surface area contributed by atoms with E-state index in [1.165, 1.54) is 16.7 Å². The van der Waals surface area contributed by atoms with Crippen molar-refractivity contribution < 1.29 is 23.1 Å². The number of aryl methyl sites for hydroxylation is 2. The van der Waals surface area contributed by atoms with Gasteiger partial charge in [-0.1, -0.05) is 12.1 Å². The molecular weight excluding hydrogens is 358 g/mol. The fraction of sp³-hybridized carbons (Fsp3) is 0.353. The van der Waals surface area contributed by atoms with Crippen LogP contribution in [0.25, 0.3) is 0 Å². The summed E-state index contributed by atoms with van der Waals surface area (Å²) in [6.45, 7) is 1.57. The number of hydrogen-bond donors (Lipinski definition) is 1. The number of morpholine rings is 1. The van der Waals surface area contributed by atoms with Crippen LogP contribution in [0.4, 0.5) is 0 Å². The number of hydrogen-bond acceptors (Lipinski definition) is 6. The minimum Gasteiger partial charge on any atom is -0.478 e. The van der Waals surface area contributed by atoms with E-state index in [0.29, 0.717) is 45.0 Å². The van der Waals surface area contributed by atoms with E-state index in [-0.39, 0.29) is 10.5 Å². The van der Waals surface area contributed by atoms with E-state index >= 15 is 0 Å². The highest BCUT2D eigenvalue weighted by molar-refractivity contribution is 7.89. The summed E-state index contributed by atoms with van der Waals surface area (Å²) in [6, 6.07) is 6.76. The van der Waals surface area contributed by atoms with Gasteiger partial charge >= 0.3 is 5.97 Å². The van der Waals surface area contributed by atoms with Gasteiger partial charge in [-0.2, -0.15) is 4.31 Å². The fourth-order valence-electron chi connectivity index (χ4n) is 2.61. The first kappa shape index (κ1) is 18.4. The van der Waals surface area contributed by atoms with E-state index in [9.17, 15) is 13.2 Å². The van der Waals surface area contributed by atoms with Crippen LogP contribution in [0.5, 0.6) is 0 Å². The van der Waals surface area contributed by atoms with Crippen molar-refractivity contribution >= 4 is 16.0 Å². The molecule has 1 aromatic carbocycles.